The Bertz CT molecular complexity index is 412. The Morgan fingerprint density at radius 3 is 2.88 bits per heavy atom. The number of nitrogens with two attached hydrogens (primary N) is 1. The third-order valence-corrected chi connectivity index (χ3v) is 3.19. The van der Waals surface area contributed by atoms with Crippen molar-refractivity contribution in [2.24, 2.45) is 0 Å². The van der Waals surface area contributed by atoms with Gasteiger partial charge in [0.05, 0.1) is 12.7 Å². The first kappa shape index (κ1) is 13.8. The smallest absolute Gasteiger partial charge is 0.339 e. The van der Waals surface area contributed by atoms with Crippen LogP contribution in [0.25, 0.3) is 0 Å². The van der Waals surface area contributed by atoms with Crippen LogP contribution in [0.1, 0.15) is 16.8 Å². The monoisotopic (exact) mass is 259 g/mol. The summed E-state index contributed by atoms with van der Waals surface area (Å²) >= 11 is 1.22. The number of esters is 1. The van der Waals surface area contributed by atoms with Gasteiger partial charge >= 0.3 is 5.97 Å². The maximum absolute atomic E-state index is 13.5. The summed E-state index contributed by atoms with van der Waals surface area (Å²) < 4.78 is 18.1. The topological polar surface area (TPSA) is 72.5 Å². The number of ether oxygens (including phenoxy) is 1. The van der Waals surface area contributed by atoms with E-state index < -0.39 is 11.8 Å². The van der Waals surface area contributed by atoms with Crippen molar-refractivity contribution in [3.8, 4) is 0 Å². The Balaban J connectivity index is 2.93. The predicted octanol–water partition coefficient (Wildman–Crippen LogP) is 1.67. The van der Waals surface area contributed by atoms with Crippen molar-refractivity contribution >= 4 is 23.4 Å². The molecule has 0 aliphatic rings. The number of benzene rings is 1. The minimum atomic E-state index is -0.591. The van der Waals surface area contributed by atoms with E-state index in [9.17, 15) is 9.18 Å². The van der Waals surface area contributed by atoms with Crippen LogP contribution in [-0.2, 0) is 4.74 Å². The van der Waals surface area contributed by atoms with Gasteiger partial charge in [0.15, 0.2) is 0 Å². The Morgan fingerprint density at radius 1 is 1.59 bits per heavy atom. The van der Waals surface area contributed by atoms with Gasteiger partial charge in [0.25, 0.3) is 0 Å². The number of rotatable bonds is 5. The van der Waals surface area contributed by atoms with Crippen LogP contribution < -0.4 is 5.73 Å². The molecule has 0 radical (unpaired) electrons. The molecule has 0 aromatic heterocycles. The van der Waals surface area contributed by atoms with E-state index in [1.54, 1.807) is 0 Å². The molecular weight excluding hydrogens is 245 g/mol. The van der Waals surface area contributed by atoms with Crippen molar-refractivity contribution in [3.63, 3.8) is 0 Å². The fourth-order valence-electron chi connectivity index (χ4n) is 1.21. The molecule has 0 fully saturated rings. The molecule has 1 aromatic carbocycles. The molecule has 0 saturated heterocycles. The van der Waals surface area contributed by atoms with Crippen LogP contribution in [0.15, 0.2) is 17.0 Å². The average molecular weight is 259 g/mol. The number of halogens is 1. The molecule has 0 amide bonds. The summed E-state index contributed by atoms with van der Waals surface area (Å²) in [5.41, 5.74) is 5.74. The lowest BCUT2D eigenvalue weighted by Crippen LogP contribution is -2.06. The molecule has 0 saturated carbocycles. The molecule has 17 heavy (non-hydrogen) atoms. The molecule has 0 spiro atoms. The molecule has 0 aliphatic heterocycles. The fourth-order valence-corrected chi connectivity index (χ4v) is 2.10. The molecule has 4 nitrogen and oxygen atoms in total. The summed E-state index contributed by atoms with van der Waals surface area (Å²) in [6, 6.07) is 2.48. The molecule has 0 aliphatic carbocycles. The van der Waals surface area contributed by atoms with E-state index in [4.69, 9.17) is 10.8 Å². The van der Waals surface area contributed by atoms with Gasteiger partial charge in [-0.2, -0.15) is 0 Å². The van der Waals surface area contributed by atoms with E-state index in [0.29, 0.717) is 17.1 Å². The van der Waals surface area contributed by atoms with Gasteiger partial charge in [0, 0.05) is 22.9 Å². The van der Waals surface area contributed by atoms with Gasteiger partial charge in [-0.05, 0) is 18.6 Å². The molecule has 3 N–H and O–H groups in total. The zero-order valence-corrected chi connectivity index (χ0v) is 10.2. The van der Waals surface area contributed by atoms with Gasteiger partial charge in [-0.1, -0.05) is 0 Å². The third-order valence-electron chi connectivity index (χ3n) is 2.07. The summed E-state index contributed by atoms with van der Waals surface area (Å²) in [5, 5.41) is 8.64. The number of aliphatic hydroxyl groups is 1. The minimum absolute atomic E-state index is 0.0491. The van der Waals surface area contributed by atoms with Crippen LogP contribution in [0.4, 0.5) is 10.1 Å². The van der Waals surface area contributed by atoms with Gasteiger partial charge in [-0.3, -0.25) is 0 Å². The van der Waals surface area contributed by atoms with E-state index in [1.807, 2.05) is 0 Å². The normalized spacial score (nSPS) is 10.3. The maximum Gasteiger partial charge on any atom is 0.339 e. The van der Waals surface area contributed by atoms with Gasteiger partial charge in [-0.25, -0.2) is 9.18 Å². The lowest BCUT2D eigenvalue weighted by Gasteiger charge is -2.08. The highest BCUT2D eigenvalue weighted by atomic mass is 32.2. The SMILES string of the molecule is COC(=O)c1cc(SCCCO)c(F)cc1N. The third kappa shape index (κ3) is 3.61. The second kappa shape index (κ2) is 6.46. The first-order valence-corrected chi connectivity index (χ1v) is 5.99. The number of carbonyl (C=O) groups is 1. The lowest BCUT2D eigenvalue weighted by molar-refractivity contribution is 0.0601. The van der Waals surface area contributed by atoms with Crippen LogP contribution >= 0.6 is 11.8 Å². The zero-order valence-electron chi connectivity index (χ0n) is 9.40. The number of aliphatic hydroxyl groups excluding tert-OH is 1. The molecule has 1 aromatic rings. The number of hydrogen-bond acceptors (Lipinski definition) is 5. The molecule has 0 unspecified atom stereocenters. The van der Waals surface area contributed by atoms with Crippen LogP contribution in [0.3, 0.4) is 0 Å². The highest BCUT2D eigenvalue weighted by Gasteiger charge is 2.14. The quantitative estimate of drug-likeness (QED) is 0.364. The maximum atomic E-state index is 13.5. The van der Waals surface area contributed by atoms with E-state index in [-0.39, 0.29) is 17.9 Å². The number of nitrogen functional groups attached to an aromatic ring is 1. The van der Waals surface area contributed by atoms with E-state index in [1.165, 1.54) is 24.9 Å². The van der Waals surface area contributed by atoms with Crippen molar-refractivity contribution in [1.82, 2.24) is 0 Å². The lowest BCUT2D eigenvalue weighted by atomic mass is 10.2. The second-order valence-electron chi connectivity index (χ2n) is 3.29. The summed E-state index contributed by atoms with van der Waals surface area (Å²) in [4.78, 5) is 11.7. The number of carbonyl (C=O) groups excluding carboxylic acids is 1. The van der Waals surface area contributed by atoms with Crippen molar-refractivity contribution < 1.29 is 19.0 Å². The van der Waals surface area contributed by atoms with Crippen molar-refractivity contribution in [3.05, 3.63) is 23.5 Å². The van der Waals surface area contributed by atoms with Crippen molar-refractivity contribution in [2.75, 3.05) is 25.2 Å². The molecule has 0 atom stereocenters. The standard InChI is InChI=1S/C11H14FNO3S/c1-16-11(15)7-5-10(17-4-2-3-14)8(12)6-9(7)13/h5-6,14H,2-4,13H2,1H3. The fraction of sp³-hybridized carbons (Fsp3) is 0.364. The van der Waals surface area contributed by atoms with E-state index in [0.717, 1.165) is 6.07 Å². The summed E-state index contributed by atoms with van der Waals surface area (Å²) in [6.45, 7) is 0.0491. The molecule has 0 heterocycles. The highest BCUT2D eigenvalue weighted by molar-refractivity contribution is 7.99. The Morgan fingerprint density at radius 2 is 2.29 bits per heavy atom. The zero-order chi connectivity index (χ0) is 12.8. The van der Waals surface area contributed by atoms with Gasteiger partial charge < -0.3 is 15.6 Å². The van der Waals surface area contributed by atoms with Crippen molar-refractivity contribution in [2.45, 2.75) is 11.3 Å². The number of methoxy groups -OCH3 is 1. The molecule has 1 rings (SSSR count). The number of anilines is 1. The average Bonchev–Trinajstić information content (AvgIpc) is 2.31. The van der Waals surface area contributed by atoms with Gasteiger partial charge in [0.2, 0.25) is 0 Å². The molecular formula is C11H14FNO3S. The Kier molecular flexibility index (Phi) is 5.24. The van der Waals surface area contributed by atoms with Crippen LogP contribution in [0.5, 0.6) is 0 Å². The number of hydrogen-bond donors (Lipinski definition) is 2. The van der Waals surface area contributed by atoms with Crippen LogP contribution in [-0.4, -0.2) is 30.5 Å². The van der Waals surface area contributed by atoms with Crippen LogP contribution in [0, 0.1) is 5.82 Å². The summed E-state index contributed by atoms with van der Waals surface area (Å²) in [6.07, 6.45) is 0.558. The van der Waals surface area contributed by atoms with E-state index in [2.05, 4.69) is 4.74 Å². The molecule has 94 valence electrons. The predicted molar refractivity (Wildman–Crippen MR) is 64.6 cm³/mol. The largest absolute Gasteiger partial charge is 0.465 e. The number of thioether (sulfide) groups is 1. The van der Waals surface area contributed by atoms with Gasteiger partial charge in [0.1, 0.15) is 5.82 Å². The minimum Gasteiger partial charge on any atom is -0.465 e. The Labute approximate surface area is 103 Å². The second-order valence-corrected chi connectivity index (χ2v) is 4.42. The molecule has 6 heteroatoms. The molecule has 0 bridgehead atoms. The highest BCUT2D eigenvalue weighted by Crippen LogP contribution is 2.27. The first-order chi connectivity index (χ1) is 8.10. The van der Waals surface area contributed by atoms with Gasteiger partial charge in [-0.15, -0.1) is 11.8 Å². The Hall–Kier alpha value is -1.27. The first-order valence-electron chi connectivity index (χ1n) is 5.01. The van der Waals surface area contributed by atoms with E-state index >= 15 is 0 Å². The summed E-state index contributed by atoms with van der Waals surface area (Å²) in [5.74, 6) is -0.498. The van der Waals surface area contributed by atoms with Crippen LogP contribution in [0.2, 0.25) is 0 Å². The van der Waals surface area contributed by atoms with Crippen molar-refractivity contribution in [1.29, 1.82) is 0 Å². The summed E-state index contributed by atoms with van der Waals surface area (Å²) in [7, 11) is 1.24.